The SMILES string of the molecule is C=CC.CCCCC.OP(O)(O)=S.OP(O)(O)=S.OP(O)(O)=S.OP(O)(O)=S. The Balaban J connectivity index is -0.0000000522. The first-order valence-corrected chi connectivity index (χ1v) is 17.2. The minimum atomic E-state index is -3.81. The highest BCUT2D eigenvalue weighted by atomic mass is 32.5. The fourth-order valence-electron chi connectivity index (χ4n) is 0.354. The van der Waals surface area contributed by atoms with Gasteiger partial charge in [0.15, 0.2) is 0 Å². The molecular weight excluding hydrogens is 540 g/mol. The smallest absolute Gasteiger partial charge is 0.319 e. The van der Waals surface area contributed by atoms with Gasteiger partial charge >= 0.3 is 26.9 Å². The molecule has 0 unspecified atom stereocenters. The largest absolute Gasteiger partial charge is 0.325 e. The summed E-state index contributed by atoms with van der Waals surface area (Å²) in [6.45, 7) is -5.55. The van der Waals surface area contributed by atoms with Crippen molar-refractivity contribution in [3.05, 3.63) is 12.7 Å². The summed E-state index contributed by atoms with van der Waals surface area (Å²) in [5.74, 6) is 0. The number of hydrogen-bond acceptors (Lipinski definition) is 4. The zero-order valence-corrected chi connectivity index (χ0v) is 22.0. The summed E-state index contributed by atoms with van der Waals surface area (Å²) in [4.78, 5) is 90.7. The molecule has 0 amide bonds. The summed E-state index contributed by atoms with van der Waals surface area (Å²) in [5.41, 5.74) is 0. The van der Waals surface area contributed by atoms with Gasteiger partial charge in [-0.25, -0.2) is 0 Å². The maximum Gasteiger partial charge on any atom is 0.319 e. The minimum absolute atomic E-state index is 1.34. The first-order valence-electron chi connectivity index (χ1n) is 6.53. The molecule has 0 radical (unpaired) electrons. The fraction of sp³-hybridized carbons (Fsp3) is 0.750. The van der Waals surface area contributed by atoms with Gasteiger partial charge in [-0.05, 0) is 54.2 Å². The van der Waals surface area contributed by atoms with Crippen molar-refractivity contribution < 1.29 is 58.7 Å². The van der Waals surface area contributed by atoms with E-state index in [1.54, 1.807) is 6.08 Å². The molecule has 20 heteroatoms. The Morgan fingerprint density at radius 3 is 0.643 bits per heavy atom. The summed E-state index contributed by atoms with van der Waals surface area (Å²) in [6, 6.07) is 0. The van der Waals surface area contributed by atoms with E-state index in [-0.39, 0.29) is 0 Å². The van der Waals surface area contributed by atoms with Gasteiger partial charge in [0.1, 0.15) is 0 Å². The molecule has 0 aromatic heterocycles. The van der Waals surface area contributed by atoms with Crippen molar-refractivity contribution >= 4 is 74.1 Å². The molecule has 0 bridgehead atoms. The van der Waals surface area contributed by atoms with E-state index >= 15 is 0 Å². The molecule has 0 heterocycles. The summed E-state index contributed by atoms with van der Waals surface area (Å²) in [5, 5.41) is 0. The van der Waals surface area contributed by atoms with E-state index in [4.69, 9.17) is 58.7 Å². The van der Waals surface area contributed by atoms with Crippen LogP contribution < -0.4 is 0 Å². The number of hydrogen-bond donors (Lipinski definition) is 12. The van der Waals surface area contributed by atoms with Crippen LogP contribution in [0, 0.1) is 0 Å². The molecule has 0 fully saturated rings. The molecule has 0 aliphatic carbocycles. The summed E-state index contributed by atoms with van der Waals surface area (Å²) in [7, 11) is 0. The van der Waals surface area contributed by atoms with Gasteiger partial charge in [-0.2, -0.15) is 0 Å². The van der Waals surface area contributed by atoms with Gasteiger partial charge in [0.2, 0.25) is 0 Å². The van der Waals surface area contributed by atoms with Gasteiger partial charge in [-0.3, -0.25) is 0 Å². The van der Waals surface area contributed by atoms with Crippen LogP contribution in [0.2, 0.25) is 0 Å². The number of rotatable bonds is 2. The summed E-state index contributed by atoms with van der Waals surface area (Å²) in [6.07, 6.45) is 5.83. The zero-order valence-electron chi connectivity index (χ0n) is 15.2. The van der Waals surface area contributed by atoms with E-state index in [0.29, 0.717) is 0 Å². The van der Waals surface area contributed by atoms with Crippen LogP contribution in [0.25, 0.3) is 0 Å². The predicted molar refractivity (Wildman–Crippen MR) is 125 cm³/mol. The third-order valence-electron chi connectivity index (χ3n) is 0.707. The lowest BCUT2D eigenvalue weighted by Gasteiger charge is -1.88. The summed E-state index contributed by atoms with van der Waals surface area (Å²) < 4.78 is 0. The Labute approximate surface area is 185 Å². The van der Waals surface area contributed by atoms with Gasteiger partial charge in [-0.1, -0.05) is 39.2 Å². The van der Waals surface area contributed by atoms with Crippen LogP contribution >= 0.6 is 26.9 Å². The Bertz CT molecular complexity index is 395. The standard InChI is InChI=1S/C5H12.C3H6.4H3O3PS/c1-3-5-4-2;1-3-2;4*1-4(2,3)5/h3-5H2,1-2H3;3H,1H2,2H3;4*(H3,1,2,3,5). The maximum atomic E-state index is 7.56. The number of unbranched alkanes of at least 4 members (excludes halogenated alkanes) is 2. The van der Waals surface area contributed by atoms with E-state index in [2.05, 4.69) is 67.7 Å². The molecule has 0 aromatic carbocycles. The quantitative estimate of drug-likeness (QED) is 0.156. The zero-order chi connectivity index (χ0) is 24.8. The van der Waals surface area contributed by atoms with Crippen molar-refractivity contribution in [3.63, 3.8) is 0 Å². The van der Waals surface area contributed by atoms with Gasteiger partial charge in [0.05, 0.1) is 0 Å². The lowest BCUT2D eigenvalue weighted by molar-refractivity contribution is 0.361. The molecule has 0 saturated heterocycles. The first-order chi connectivity index (χ1) is 11.8. The van der Waals surface area contributed by atoms with Crippen molar-refractivity contribution in [2.75, 3.05) is 0 Å². The van der Waals surface area contributed by atoms with Crippen LogP contribution in [0.4, 0.5) is 0 Å². The van der Waals surface area contributed by atoms with E-state index in [1.807, 2.05) is 6.92 Å². The lowest BCUT2D eigenvalue weighted by atomic mass is 10.3. The Hall–Kier alpha value is 1.86. The average Bonchev–Trinajstić information content (AvgIpc) is 2.20. The first kappa shape index (κ1) is 43.7. The van der Waals surface area contributed by atoms with Gasteiger partial charge in [0, 0.05) is 0 Å². The number of allylic oxidation sites excluding steroid dienone is 1. The van der Waals surface area contributed by atoms with Gasteiger partial charge < -0.3 is 58.7 Å². The highest BCUT2D eigenvalue weighted by molar-refractivity contribution is 8.07. The molecular formula is C8H30O12P4S4. The van der Waals surface area contributed by atoms with Crippen molar-refractivity contribution in [2.45, 2.75) is 40.0 Å². The predicted octanol–water partition coefficient (Wildman–Crippen LogP) is 0.140. The topological polar surface area (TPSA) is 243 Å². The van der Waals surface area contributed by atoms with Crippen molar-refractivity contribution in [1.82, 2.24) is 0 Å². The van der Waals surface area contributed by atoms with E-state index in [0.717, 1.165) is 0 Å². The van der Waals surface area contributed by atoms with Crippen molar-refractivity contribution in [2.24, 2.45) is 0 Å². The van der Waals surface area contributed by atoms with Crippen LogP contribution in [-0.2, 0) is 47.2 Å². The summed E-state index contributed by atoms with van der Waals surface area (Å²) >= 11 is 14.4. The second-order valence-corrected chi connectivity index (χ2v) is 13.8. The van der Waals surface area contributed by atoms with Crippen molar-refractivity contribution in [1.29, 1.82) is 0 Å². The Kier molecular flexibility index (Phi) is 39.2. The highest BCUT2D eigenvalue weighted by Gasteiger charge is 1.93. The van der Waals surface area contributed by atoms with Crippen molar-refractivity contribution in [3.8, 4) is 0 Å². The molecule has 0 aliphatic rings. The monoisotopic (exact) mass is 570 g/mol. The Morgan fingerprint density at radius 2 is 0.643 bits per heavy atom. The minimum Gasteiger partial charge on any atom is -0.325 e. The van der Waals surface area contributed by atoms with Crippen LogP contribution in [0.5, 0.6) is 0 Å². The molecule has 28 heavy (non-hydrogen) atoms. The lowest BCUT2D eigenvalue weighted by Crippen LogP contribution is -1.65. The van der Waals surface area contributed by atoms with E-state index in [1.165, 1.54) is 19.3 Å². The Morgan fingerprint density at radius 1 is 0.571 bits per heavy atom. The van der Waals surface area contributed by atoms with Crippen LogP contribution in [0.1, 0.15) is 40.0 Å². The molecule has 0 atom stereocenters. The van der Waals surface area contributed by atoms with Gasteiger partial charge in [0.25, 0.3) is 0 Å². The van der Waals surface area contributed by atoms with E-state index < -0.39 is 26.9 Å². The molecule has 0 aliphatic heterocycles. The molecule has 12 nitrogen and oxygen atoms in total. The van der Waals surface area contributed by atoms with Crippen LogP contribution in [-0.4, -0.2) is 58.7 Å². The van der Waals surface area contributed by atoms with Crippen LogP contribution in [0.15, 0.2) is 12.7 Å². The second kappa shape index (κ2) is 25.1. The van der Waals surface area contributed by atoms with Gasteiger partial charge in [-0.15, -0.1) is 6.58 Å². The molecule has 0 saturated carbocycles. The molecule has 0 rings (SSSR count). The molecule has 178 valence electrons. The maximum absolute atomic E-state index is 7.56. The fourth-order valence-corrected chi connectivity index (χ4v) is 0.354. The second-order valence-electron chi connectivity index (χ2n) is 3.81. The molecule has 12 N–H and O–H groups in total. The average molecular weight is 570 g/mol. The molecule has 0 spiro atoms. The third kappa shape index (κ3) is 1350. The third-order valence-corrected chi connectivity index (χ3v) is 0.707. The van der Waals surface area contributed by atoms with Crippen LogP contribution in [0.3, 0.4) is 0 Å². The highest BCUT2D eigenvalue weighted by Crippen LogP contribution is 2.27. The normalized spacial score (nSPS) is 10.4. The molecule has 0 aromatic rings. The van der Waals surface area contributed by atoms with E-state index in [9.17, 15) is 0 Å².